The van der Waals surface area contributed by atoms with Gasteiger partial charge in [0, 0.05) is 6.42 Å². The van der Waals surface area contributed by atoms with Crippen molar-refractivity contribution in [1.29, 1.82) is 0 Å². The number of unbranched alkanes of at least 4 members (excludes halogenated alkanes) is 43. The summed E-state index contributed by atoms with van der Waals surface area (Å²) in [7, 11) is 0. The Labute approximate surface area is 541 Å². The highest BCUT2D eigenvalue weighted by atomic mass is 16.7. The summed E-state index contributed by atoms with van der Waals surface area (Å²) >= 11 is 0. The first-order chi connectivity index (χ1) is 43.2. The lowest BCUT2D eigenvalue weighted by atomic mass is 9.99. The molecule has 11 heteroatoms. The molecule has 1 aliphatic heterocycles. The van der Waals surface area contributed by atoms with Gasteiger partial charge in [-0.25, -0.2) is 0 Å². The first kappa shape index (κ1) is 83.4. The molecule has 1 heterocycles. The molecular formula is C77H141NO10. The van der Waals surface area contributed by atoms with E-state index < -0.39 is 67.4 Å². The molecule has 1 aliphatic rings. The monoisotopic (exact) mass is 1240 g/mol. The number of allylic oxidation sites excluding steroid dienone is 9. The van der Waals surface area contributed by atoms with Crippen LogP contribution in [0.25, 0.3) is 0 Å². The Morgan fingerprint density at radius 2 is 0.784 bits per heavy atom. The Hall–Kier alpha value is -2.64. The van der Waals surface area contributed by atoms with E-state index in [1.165, 1.54) is 212 Å². The zero-order valence-corrected chi connectivity index (χ0v) is 57.4. The number of hydrogen-bond acceptors (Lipinski definition) is 10. The number of amides is 1. The standard InChI is InChI=1S/C77H141NO10/c1-4-7-10-13-16-19-22-25-27-29-31-33-35-36-37-39-41-43-45-47-50-53-56-59-62-65-72(82)88-75-74(84)73(83)71(66-79)87-77(75)86-67-68(69(80)63-60-57-54-51-48-24-21-18-15-12-9-6-3)78-76(85)70(81)64-61-58-55-52-49-46-44-42-40-38-34-32-30-28-26-23-20-17-14-11-8-5-2/h17,20,26,28,32,34,40,42,60,63,68-71,73-75,77,79-81,83-84H,4-16,18-19,21-25,27,29-31,33,35-39,41,43-59,61-62,64-67H2,1-3H3,(H,78,85)/b20-17-,28-26-,34-32-,42-40-,63-60+. The molecule has 1 saturated heterocycles. The Bertz CT molecular complexity index is 1670. The molecule has 1 fully saturated rings. The summed E-state index contributed by atoms with van der Waals surface area (Å²) in [6.45, 7) is 5.81. The molecule has 88 heavy (non-hydrogen) atoms. The second-order valence-electron chi connectivity index (χ2n) is 26.0. The van der Waals surface area contributed by atoms with E-state index in [1.54, 1.807) is 6.08 Å². The van der Waals surface area contributed by atoms with Gasteiger partial charge in [0.25, 0.3) is 0 Å². The third-order valence-corrected chi connectivity index (χ3v) is 17.7. The minimum absolute atomic E-state index is 0.126. The van der Waals surface area contributed by atoms with Gasteiger partial charge in [-0.2, -0.15) is 0 Å². The molecule has 0 spiro atoms. The zero-order chi connectivity index (χ0) is 63.9. The second-order valence-corrected chi connectivity index (χ2v) is 26.0. The largest absolute Gasteiger partial charge is 0.454 e. The van der Waals surface area contributed by atoms with Gasteiger partial charge in [-0.3, -0.25) is 9.59 Å². The van der Waals surface area contributed by atoms with E-state index in [0.717, 1.165) is 96.3 Å². The highest BCUT2D eigenvalue weighted by molar-refractivity contribution is 5.80. The van der Waals surface area contributed by atoms with E-state index in [0.29, 0.717) is 12.8 Å². The average Bonchev–Trinajstić information content (AvgIpc) is 2.54. The van der Waals surface area contributed by atoms with Crippen molar-refractivity contribution in [1.82, 2.24) is 5.32 Å². The van der Waals surface area contributed by atoms with Crippen molar-refractivity contribution in [3.05, 3.63) is 60.8 Å². The highest BCUT2D eigenvalue weighted by Gasteiger charge is 2.47. The van der Waals surface area contributed by atoms with Gasteiger partial charge in [0.15, 0.2) is 12.4 Å². The second kappa shape index (κ2) is 64.5. The van der Waals surface area contributed by atoms with Crippen molar-refractivity contribution in [3.63, 3.8) is 0 Å². The van der Waals surface area contributed by atoms with Crippen LogP contribution in [0, 0.1) is 0 Å². The van der Waals surface area contributed by atoms with Crippen LogP contribution in [0.1, 0.15) is 355 Å². The van der Waals surface area contributed by atoms with E-state index in [-0.39, 0.29) is 19.4 Å². The topological polar surface area (TPSA) is 175 Å². The van der Waals surface area contributed by atoms with Crippen LogP contribution in [0.2, 0.25) is 0 Å². The Morgan fingerprint density at radius 3 is 1.19 bits per heavy atom. The molecule has 1 amide bonds. The van der Waals surface area contributed by atoms with Gasteiger partial charge in [-0.15, -0.1) is 0 Å². The van der Waals surface area contributed by atoms with Crippen LogP contribution in [0.4, 0.5) is 0 Å². The summed E-state index contributed by atoms with van der Waals surface area (Å²) in [4.78, 5) is 26.7. The van der Waals surface area contributed by atoms with Crippen molar-refractivity contribution >= 4 is 11.9 Å². The van der Waals surface area contributed by atoms with Gasteiger partial charge in [-0.05, 0) is 70.6 Å². The predicted octanol–water partition coefficient (Wildman–Crippen LogP) is 19.7. The summed E-state index contributed by atoms with van der Waals surface area (Å²) in [6.07, 6.45) is 72.7. The number of aliphatic hydroxyl groups is 5. The van der Waals surface area contributed by atoms with Crippen LogP contribution in [0.3, 0.4) is 0 Å². The lowest BCUT2D eigenvalue weighted by Gasteiger charge is -2.41. The third-order valence-electron chi connectivity index (χ3n) is 17.7. The molecule has 0 aromatic carbocycles. The SMILES string of the molecule is CCCCC/C=C\C/C=C\C/C=C\C/C=C\CCCCCCCCC(O)C(=O)NC(COC1OC(CO)C(O)C(O)C1OC(=O)CCCCCCCCCCCCCCCCCCCCCCCCCCC)C(O)/C=C/CCCCCCCCCCCC. The number of carbonyl (C=O) groups excluding carboxylic acids is 2. The van der Waals surface area contributed by atoms with Gasteiger partial charge < -0.3 is 45.1 Å². The number of esters is 1. The molecule has 514 valence electrons. The molecule has 0 saturated carbocycles. The minimum Gasteiger partial charge on any atom is -0.454 e. The summed E-state index contributed by atoms with van der Waals surface area (Å²) in [5.41, 5.74) is 0. The molecule has 0 bridgehead atoms. The molecule has 1 rings (SSSR count). The lowest BCUT2D eigenvalue weighted by Crippen LogP contribution is -2.61. The quantitative estimate of drug-likeness (QED) is 0.0195. The van der Waals surface area contributed by atoms with E-state index >= 15 is 0 Å². The zero-order valence-electron chi connectivity index (χ0n) is 57.4. The van der Waals surface area contributed by atoms with Gasteiger partial charge in [-0.1, -0.05) is 338 Å². The van der Waals surface area contributed by atoms with E-state index in [4.69, 9.17) is 14.2 Å². The summed E-state index contributed by atoms with van der Waals surface area (Å²) in [5, 5.41) is 57.3. The fourth-order valence-corrected chi connectivity index (χ4v) is 11.8. The lowest BCUT2D eigenvalue weighted by molar-refractivity contribution is -0.305. The Kier molecular flexibility index (Phi) is 61.1. The maximum atomic E-state index is 13.5. The van der Waals surface area contributed by atoms with Crippen LogP contribution < -0.4 is 5.32 Å². The maximum absolute atomic E-state index is 13.5. The van der Waals surface area contributed by atoms with Crippen molar-refractivity contribution < 1.29 is 49.3 Å². The van der Waals surface area contributed by atoms with Crippen molar-refractivity contribution in [3.8, 4) is 0 Å². The van der Waals surface area contributed by atoms with Crippen molar-refractivity contribution in [2.45, 2.75) is 404 Å². The minimum atomic E-state index is -1.62. The Balaban J connectivity index is 2.54. The number of aliphatic hydroxyl groups excluding tert-OH is 5. The maximum Gasteiger partial charge on any atom is 0.306 e. The number of rotatable bonds is 65. The molecule has 11 nitrogen and oxygen atoms in total. The molecule has 0 aromatic heterocycles. The molecule has 0 aliphatic carbocycles. The molecular weight excluding hydrogens is 1100 g/mol. The molecule has 8 atom stereocenters. The number of ether oxygens (including phenoxy) is 3. The van der Waals surface area contributed by atoms with Gasteiger partial charge >= 0.3 is 5.97 Å². The number of carbonyl (C=O) groups is 2. The first-order valence-electron chi connectivity index (χ1n) is 37.6. The fourth-order valence-electron chi connectivity index (χ4n) is 11.8. The summed E-state index contributed by atoms with van der Waals surface area (Å²) in [5.74, 6) is -1.19. The van der Waals surface area contributed by atoms with Crippen LogP contribution in [0.5, 0.6) is 0 Å². The van der Waals surface area contributed by atoms with E-state index in [2.05, 4.69) is 74.7 Å². The van der Waals surface area contributed by atoms with Crippen molar-refractivity contribution in [2.75, 3.05) is 13.2 Å². The van der Waals surface area contributed by atoms with E-state index in [9.17, 15) is 35.1 Å². The molecule has 0 radical (unpaired) electrons. The average molecular weight is 1240 g/mol. The molecule has 6 N–H and O–H groups in total. The van der Waals surface area contributed by atoms with Crippen molar-refractivity contribution in [2.24, 2.45) is 0 Å². The normalized spacial score (nSPS) is 18.5. The molecule has 0 aromatic rings. The molecule has 8 unspecified atom stereocenters. The van der Waals surface area contributed by atoms with Gasteiger partial charge in [0.1, 0.15) is 24.4 Å². The summed E-state index contributed by atoms with van der Waals surface area (Å²) < 4.78 is 17.7. The van der Waals surface area contributed by atoms with E-state index in [1.807, 2.05) is 6.08 Å². The van der Waals surface area contributed by atoms with Crippen LogP contribution in [-0.2, 0) is 23.8 Å². The van der Waals surface area contributed by atoms with Gasteiger partial charge in [0.05, 0.1) is 25.4 Å². The highest BCUT2D eigenvalue weighted by Crippen LogP contribution is 2.26. The predicted molar refractivity (Wildman–Crippen MR) is 370 cm³/mol. The fraction of sp³-hybridized carbons (Fsp3) is 0.844. The number of hydrogen-bond donors (Lipinski definition) is 6. The first-order valence-corrected chi connectivity index (χ1v) is 37.6. The number of nitrogens with one attached hydrogen (secondary N) is 1. The van der Waals surface area contributed by atoms with Crippen LogP contribution in [-0.4, -0.2) is 99.6 Å². The summed E-state index contributed by atoms with van der Waals surface area (Å²) in [6, 6.07) is -1.03. The van der Waals surface area contributed by atoms with Crippen LogP contribution >= 0.6 is 0 Å². The van der Waals surface area contributed by atoms with Crippen LogP contribution in [0.15, 0.2) is 60.8 Å². The smallest absolute Gasteiger partial charge is 0.306 e. The third kappa shape index (κ3) is 50.9. The van der Waals surface area contributed by atoms with Gasteiger partial charge in [0.2, 0.25) is 5.91 Å². The Morgan fingerprint density at radius 1 is 0.443 bits per heavy atom.